The smallest absolute Gasteiger partial charge is 0.337 e. The molecule has 1 aromatic carbocycles. The highest BCUT2D eigenvalue weighted by Crippen LogP contribution is 2.22. The van der Waals surface area contributed by atoms with Crippen molar-refractivity contribution in [2.45, 2.75) is 46.2 Å². The second kappa shape index (κ2) is 9.83. The summed E-state index contributed by atoms with van der Waals surface area (Å²) in [5.41, 5.74) is -0.651. The molecule has 1 aliphatic heterocycles. The number of ether oxygens (including phenoxy) is 1. The van der Waals surface area contributed by atoms with Crippen LogP contribution in [-0.2, 0) is 16.1 Å². The molecular formula is C22H31FN4O5. The van der Waals surface area contributed by atoms with E-state index in [1.807, 2.05) is 0 Å². The van der Waals surface area contributed by atoms with E-state index in [1.165, 1.54) is 22.8 Å². The maximum absolute atomic E-state index is 14.0. The fourth-order valence-electron chi connectivity index (χ4n) is 3.93. The standard InChI is InChI=1S/C22H31FN4O5/c1-22(2,3)18(19(29)24-8-9-28)25-20(30)27-16-5-4-15(23)12-17(16)26(21(27)31)13-14-6-10-32-11-7-14/h4-5,12,14,18,28H,6-11,13H2,1-3H3,(H,24,29)(H,25,30)/t18-/m1/s1. The van der Waals surface area contributed by atoms with Crippen LogP contribution in [0.25, 0.3) is 11.0 Å². The summed E-state index contributed by atoms with van der Waals surface area (Å²) >= 11 is 0. The molecule has 176 valence electrons. The molecule has 1 aromatic heterocycles. The number of benzene rings is 1. The van der Waals surface area contributed by atoms with Crippen LogP contribution >= 0.6 is 0 Å². The van der Waals surface area contributed by atoms with E-state index < -0.39 is 34.9 Å². The van der Waals surface area contributed by atoms with Gasteiger partial charge in [0.2, 0.25) is 5.91 Å². The number of carbonyl (C=O) groups excluding carboxylic acids is 2. The van der Waals surface area contributed by atoms with Crippen molar-refractivity contribution in [2.24, 2.45) is 11.3 Å². The predicted octanol–water partition coefficient (Wildman–Crippen LogP) is 1.45. The van der Waals surface area contributed by atoms with Crippen LogP contribution in [-0.4, -0.2) is 58.6 Å². The van der Waals surface area contributed by atoms with Gasteiger partial charge in [0.15, 0.2) is 0 Å². The molecule has 1 atom stereocenters. The maximum Gasteiger partial charge on any atom is 0.337 e. The lowest BCUT2D eigenvalue weighted by Gasteiger charge is -2.30. The summed E-state index contributed by atoms with van der Waals surface area (Å²) in [4.78, 5) is 39.1. The van der Waals surface area contributed by atoms with Crippen LogP contribution in [0.3, 0.4) is 0 Å². The van der Waals surface area contributed by atoms with Gasteiger partial charge in [0, 0.05) is 26.3 Å². The number of imidazole rings is 1. The summed E-state index contributed by atoms with van der Waals surface area (Å²) in [5, 5.41) is 14.2. The molecule has 3 N–H and O–H groups in total. The molecule has 2 amide bonds. The molecule has 3 rings (SSSR count). The lowest BCUT2D eigenvalue weighted by atomic mass is 9.86. The summed E-state index contributed by atoms with van der Waals surface area (Å²) in [7, 11) is 0. The lowest BCUT2D eigenvalue weighted by molar-refractivity contribution is -0.125. The van der Waals surface area contributed by atoms with Gasteiger partial charge in [-0.05, 0) is 42.4 Å². The summed E-state index contributed by atoms with van der Waals surface area (Å²) in [6.07, 6.45) is 1.55. The molecule has 1 aliphatic rings. The van der Waals surface area contributed by atoms with Crippen molar-refractivity contribution in [1.29, 1.82) is 0 Å². The van der Waals surface area contributed by atoms with Gasteiger partial charge in [-0.25, -0.2) is 18.5 Å². The predicted molar refractivity (Wildman–Crippen MR) is 117 cm³/mol. The number of carbonyl (C=O) groups is 2. The van der Waals surface area contributed by atoms with Crippen LogP contribution in [0.15, 0.2) is 23.0 Å². The first-order chi connectivity index (χ1) is 15.1. The maximum atomic E-state index is 14.0. The molecule has 0 saturated carbocycles. The van der Waals surface area contributed by atoms with Gasteiger partial charge in [0.1, 0.15) is 11.9 Å². The number of hydrogen-bond acceptors (Lipinski definition) is 5. The average Bonchev–Trinajstić information content (AvgIpc) is 3.01. The molecule has 2 aromatic rings. The molecule has 0 bridgehead atoms. The molecule has 9 nitrogen and oxygen atoms in total. The first-order valence-corrected chi connectivity index (χ1v) is 10.8. The zero-order valence-corrected chi connectivity index (χ0v) is 18.7. The van der Waals surface area contributed by atoms with Crippen LogP contribution in [0.4, 0.5) is 9.18 Å². The molecule has 1 fully saturated rings. The van der Waals surface area contributed by atoms with Gasteiger partial charge < -0.3 is 20.5 Å². The van der Waals surface area contributed by atoms with Crippen molar-refractivity contribution in [1.82, 2.24) is 19.8 Å². The van der Waals surface area contributed by atoms with Crippen molar-refractivity contribution >= 4 is 23.0 Å². The monoisotopic (exact) mass is 450 g/mol. The Bertz CT molecular complexity index is 1030. The van der Waals surface area contributed by atoms with E-state index in [0.29, 0.717) is 25.3 Å². The number of hydrogen-bond donors (Lipinski definition) is 3. The molecule has 0 unspecified atom stereocenters. The van der Waals surface area contributed by atoms with Crippen molar-refractivity contribution < 1.29 is 23.8 Å². The Morgan fingerprint density at radius 3 is 2.56 bits per heavy atom. The summed E-state index contributed by atoms with van der Waals surface area (Å²) in [6.45, 7) is 6.70. The third-order valence-corrected chi connectivity index (χ3v) is 5.68. The van der Waals surface area contributed by atoms with Gasteiger partial charge in [0.25, 0.3) is 0 Å². The Morgan fingerprint density at radius 2 is 1.94 bits per heavy atom. The number of aromatic nitrogens is 2. The van der Waals surface area contributed by atoms with Gasteiger partial charge in [-0.15, -0.1) is 0 Å². The highest BCUT2D eigenvalue weighted by atomic mass is 19.1. The number of aliphatic hydroxyl groups is 1. The number of halogens is 1. The zero-order chi connectivity index (χ0) is 23.5. The van der Waals surface area contributed by atoms with Crippen molar-refractivity contribution in [3.63, 3.8) is 0 Å². The van der Waals surface area contributed by atoms with Crippen molar-refractivity contribution in [3.8, 4) is 0 Å². The number of aliphatic hydroxyl groups excluding tert-OH is 1. The summed E-state index contributed by atoms with van der Waals surface area (Å²) in [5.74, 6) is -0.796. The van der Waals surface area contributed by atoms with E-state index in [1.54, 1.807) is 20.8 Å². The molecule has 10 heteroatoms. The number of fused-ring (bicyclic) bond motifs is 1. The van der Waals surface area contributed by atoms with E-state index >= 15 is 0 Å². The van der Waals surface area contributed by atoms with Gasteiger partial charge in [-0.1, -0.05) is 20.8 Å². The molecule has 0 spiro atoms. The highest BCUT2D eigenvalue weighted by molar-refractivity contribution is 5.93. The molecular weight excluding hydrogens is 419 g/mol. The number of nitrogens with one attached hydrogen (secondary N) is 2. The average molecular weight is 451 g/mol. The second-order valence-electron chi connectivity index (χ2n) is 9.18. The van der Waals surface area contributed by atoms with Gasteiger partial charge in [-0.3, -0.25) is 9.36 Å². The van der Waals surface area contributed by atoms with Gasteiger partial charge >= 0.3 is 11.7 Å². The first-order valence-electron chi connectivity index (χ1n) is 10.8. The molecule has 1 saturated heterocycles. The third-order valence-electron chi connectivity index (χ3n) is 5.68. The third kappa shape index (κ3) is 5.18. The van der Waals surface area contributed by atoms with Crippen LogP contribution < -0.4 is 16.3 Å². The normalized spacial score (nSPS) is 16.2. The van der Waals surface area contributed by atoms with E-state index in [2.05, 4.69) is 10.6 Å². The molecule has 0 radical (unpaired) electrons. The van der Waals surface area contributed by atoms with E-state index in [-0.39, 0.29) is 24.6 Å². The Kier molecular flexibility index (Phi) is 7.35. The fraction of sp³-hybridized carbons (Fsp3) is 0.591. The van der Waals surface area contributed by atoms with Crippen LogP contribution in [0, 0.1) is 17.2 Å². The lowest BCUT2D eigenvalue weighted by Crippen LogP contribution is -2.55. The number of amides is 2. The Morgan fingerprint density at radius 1 is 1.25 bits per heavy atom. The Balaban J connectivity index is 1.98. The minimum Gasteiger partial charge on any atom is -0.395 e. The minimum absolute atomic E-state index is 0.0465. The Labute approximate surface area is 185 Å². The summed E-state index contributed by atoms with van der Waals surface area (Å²) < 4.78 is 21.8. The van der Waals surface area contributed by atoms with Gasteiger partial charge in [-0.2, -0.15) is 0 Å². The fourth-order valence-corrected chi connectivity index (χ4v) is 3.93. The van der Waals surface area contributed by atoms with Crippen molar-refractivity contribution in [3.05, 3.63) is 34.5 Å². The van der Waals surface area contributed by atoms with E-state index in [0.717, 1.165) is 17.4 Å². The molecule has 32 heavy (non-hydrogen) atoms. The molecule has 0 aliphatic carbocycles. The number of nitrogens with zero attached hydrogens (tertiary/aromatic N) is 2. The molecule has 2 heterocycles. The summed E-state index contributed by atoms with van der Waals surface area (Å²) in [6, 6.07) is 2.11. The van der Waals surface area contributed by atoms with Gasteiger partial charge in [0.05, 0.1) is 17.6 Å². The zero-order valence-electron chi connectivity index (χ0n) is 18.7. The largest absolute Gasteiger partial charge is 0.395 e. The van der Waals surface area contributed by atoms with E-state index in [9.17, 15) is 18.8 Å². The Hall–Kier alpha value is -2.72. The quantitative estimate of drug-likeness (QED) is 0.616. The SMILES string of the molecule is CC(C)(C)[C@H](NC(=O)n1c(=O)n(CC2CCOCC2)c2cc(F)ccc21)C(=O)NCCO. The van der Waals surface area contributed by atoms with Crippen molar-refractivity contribution in [2.75, 3.05) is 26.4 Å². The van der Waals surface area contributed by atoms with Crippen LogP contribution in [0.2, 0.25) is 0 Å². The second-order valence-corrected chi connectivity index (χ2v) is 9.18. The number of rotatable bonds is 6. The van der Waals surface area contributed by atoms with Crippen LogP contribution in [0.5, 0.6) is 0 Å². The van der Waals surface area contributed by atoms with Crippen LogP contribution in [0.1, 0.15) is 33.6 Å². The highest BCUT2D eigenvalue weighted by Gasteiger charge is 2.34. The van der Waals surface area contributed by atoms with E-state index in [4.69, 9.17) is 9.84 Å². The first kappa shape index (κ1) is 23.9. The topological polar surface area (TPSA) is 115 Å². The minimum atomic E-state index is -0.956.